The molecule has 2 aromatic rings. The van der Waals surface area contributed by atoms with Gasteiger partial charge in [-0.05, 0) is 30.7 Å². The number of amides is 3. The van der Waals surface area contributed by atoms with Crippen molar-refractivity contribution < 1.29 is 23.5 Å². The van der Waals surface area contributed by atoms with Crippen LogP contribution >= 0.6 is 0 Å². The number of rotatable bonds is 9. The summed E-state index contributed by atoms with van der Waals surface area (Å²) in [5, 5.41) is 0. The van der Waals surface area contributed by atoms with E-state index < -0.39 is 17.7 Å². The monoisotopic (exact) mass is 413 g/mol. The smallest absolute Gasteiger partial charge is 0.273 e. The highest BCUT2D eigenvalue weighted by Crippen LogP contribution is 2.21. The lowest BCUT2D eigenvalue weighted by molar-refractivity contribution is -0.129. The number of carbonyl (C=O) groups excluding carboxylic acids is 3. The second-order valence-electron chi connectivity index (χ2n) is 7.25. The molecule has 1 aromatic heterocycles. The van der Waals surface area contributed by atoms with Gasteiger partial charge in [-0.3, -0.25) is 25.2 Å². The van der Waals surface area contributed by atoms with E-state index in [0.717, 1.165) is 19.3 Å². The van der Waals surface area contributed by atoms with E-state index in [9.17, 15) is 14.4 Å². The lowest BCUT2D eigenvalue weighted by Gasteiger charge is -2.16. The average molecular weight is 413 g/mol. The molecule has 0 radical (unpaired) electrons. The molecule has 30 heavy (non-hydrogen) atoms. The number of hydrogen-bond acceptors (Lipinski definition) is 5. The van der Waals surface area contributed by atoms with Crippen LogP contribution in [0.2, 0.25) is 0 Å². The highest BCUT2D eigenvalue weighted by Gasteiger charge is 2.34. The van der Waals surface area contributed by atoms with Gasteiger partial charge in [-0.1, -0.05) is 31.9 Å². The van der Waals surface area contributed by atoms with Gasteiger partial charge in [0.2, 0.25) is 11.8 Å². The third kappa shape index (κ3) is 5.62. The first-order valence-corrected chi connectivity index (χ1v) is 10.2. The van der Waals surface area contributed by atoms with Gasteiger partial charge >= 0.3 is 0 Å². The zero-order chi connectivity index (χ0) is 21.3. The molecule has 3 rings (SSSR count). The van der Waals surface area contributed by atoms with Gasteiger partial charge < -0.3 is 14.1 Å². The van der Waals surface area contributed by atoms with Crippen LogP contribution in [0, 0.1) is 5.92 Å². The van der Waals surface area contributed by atoms with Crippen molar-refractivity contribution in [1.82, 2.24) is 15.8 Å². The van der Waals surface area contributed by atoms with Crippen molar-refractivity contribution in [2.45, 2.75) is 39.2 Å². The van der Waals surface area contributed by atoms with Gasteiger partial charge in [0.25, 0.3) is 5.91 Å². The van der Waals surface area contributed by atoms with Crippen molar-refractivity contribution >= 4 is 17.7 Å². The van der Waals surface area contributed by atoms with Crippen LogP contribution in [0.15, 0.2) is 47.1 Å². The van der Waals surface area contributed by atoms with Gasteiger partial charge in [0.1, 0.15) is 11.5 Å². The molecule has 1 aromatic carbocycles. The largest absolute Gasteiger partial charge is 0.493 e. The SMILES string of the molecule is CCCCCOc1ccccc1C(=O)NNC(=O)C1CC(=O)N(Cc2ccco2)C1. The maximum atomic E-state index is 12.5. The van der Waals surface area contributed by atoms with Gasteiger partial charge in [0.15, 0.2) is 0 Å². The van der Waals surface area contributed by atoms with Crippen LogP contribution < -0.4 is 15.6 Å². The van der Waals surface area contributed by atoms with E-state index in [4.69, 9.17) is 9.15 Å². The number of ether oxygens (including phenoxy) is 1. The summed E-state index contributed by atoms with van der Waals surface area (Å²) in [6.07, 6.45) is 4.69. The second-order valence-corrected chi connectivity index (χ2v) is 7.25. The Kier molecular flexibility index (Phi) is 7.48. The van der Waals surface area contributed by atoms with E-state index in [1.165, 1.54) is 0 Å². The van der Waals surface area contributed by atoms with Crippen molar-refractivity contribution in [2.24, 2.45) is 5.92 Å². The molecule has 1 atom stereocenters. The highest BCUT2D eigenvalue weighted by atomic mass is 16.5. The Morgan fingerprint density at radius 1 is 1.17 bits per heavy atom. The fraction of sp³-hybridized carbons (Fsp3) is 0.409. The first-order chi connectivity index (χ1) is 14.6. The number of hydrazine groups is 1. The topological polar surface area (TPSA) is 101 Å². The molecule has 2 heterocycles. The summed E-state index contributed by atoms with van der Waals surface area (Å²) in [6, 6.07) is 10.4. The van der Waals surface area contributed by atoms with E-state index in [0.29, 0.717) is 30.2 Å². The normalized spacial score (nSPS) is 15.8. The number of para-hydroxylation sites is 1. The van der Waals surface area contributed by atoms with Crippen LogP contribution in [0.3, 0.4) is 0 Å². The van der Waals surface area contributed by atoms with Crippen molar-refractivity contribution in [3.63, 3.8) is 0 Å². The molecule has 8 nitrogen and oxygen atoms in total. The Balaban J connectivity index is 1.50. The quantitative estimate of drug-likeness (QED) is 0.486. The molecule has 160 valence electrons. The number of carbonyl (C=O) groups is 3. The number of nitrogens with zero attached hydrogens (tertiary/aromatic N) is 1. The zero-order valence-electron chi connectivity index (χ0n) is 17.1. The molecule has 0 saturated carbocycles. The first-order valence-electron chi connectivity index (χ1n) is 10.2. The number of unbranched alkanes of at least 4 members (excludes halogenated alkanes) is 2. The van der Waals surface area contributed by atoms with Crippen molar-refractivity contribution in [3.05, 3.63) is 54.0 Å². The highest BCUT2D eigenvalue weighted by molar-refractivity contribution is 5.98. The Morgan fingerprint density at radius 2 is 2.00 bits per heavy atom. The van der Waals surface area contributed by atoms with Gasteiger partial charge in [-0.25, -0.2) is 0 Å². The lowest BCUT2D eigenvalue weighted by Crippen LogP contribution is -2.45. The molecular formula is C22H27N3O5. The molecule has 0 bridgehead atoms. The van der Waals surface area contributed by atoms with Crippen LogP contribution in [0.1, 0.15) is 48.7 Å². The Morgan fingerprint density at radius 3 is 2.77 bits per heavy atom. The van der Waals surface area contributed by atoms with Crippen LogP contribution in [0.4, 0.5) is 0 Å². The molecule has 3 amide bonds. The van der Waals surface area contributed by atoms with E-state index in [2.05, 4.69) is 17.8 Å². The predicted octanol–water partition coefficient (Wildman–Crippen LogP) is 2.66. The summed E-state index contributed by atoms with van der Waals surface area (Å²) in [6.45, 7) is 3.24. The molecule has 1 aliphatic heterocycles. The molecule has 1 aliphatic rings. The van der Waals surface area contributed by atoms with E-state index in [1.807, 2.05) is 0 Å². The average Bonchev–Trinajstić information content (AvgIpc) is 3.40. The van der Waals surface area contributed by atoms with E-state index >= 15 is 0 Å². The number of furan rings is 1. The summed E-state index contributed by atoms with van der Waals surface area (Å²) >= 11 is 0. The summed E-state index contributed by atoms with van der Waals surface area (Å²) in [4.78, 5) is 38.7. The number of likely N-dealkylation sites (tertiary alicyclic amines) is 1. The molecule has 1 saturated heterocycles. The minimum Gasteiger partial charge on any atom is -0.493 e. The maximum absolute atomic E-state index is 12.5. The summed E-state index contributed by atoms with van der Waals surface area (Å²) in [5.74, 6) is -0.391. The van der Waals surface area contributed by atoms with Crippen molar-refractivity contribution in [2.75, 3.05) is 13.2 Å². The Bertz CT molecular complexity index is 865. The van der Waals surface area contributed by atoms with Crippen LogP contribution in [-0.2, 0) is 16.1 Å². The molecule has 0 spiro atoms. The van der Waals surface area contributed by atoms with Gasteiger partial charge in [0, 0.05) is 13.0 Å². The van der Waals surface area contributed by atoms with Gasteiger partial charge in [-0.2, -0.15) is 0 Å². The summed E-state index contributed by atoms with van der Waals surface area (Å²) in [5.41, 5.74) is 5.20. The minimum absolute atomic E-state index is 0.0968. The number of nitrogens with one attached hydrogen (secondary N) is 2. The van der Waals surface area contributed by atoms with Crippen LogP contribution in [0.5, 0.6) is 5.75 Å². The third-order valence-corrected chi connectivity index (χ3v) is 4.95. The molecular weight excluding hydrogens is 386 g/mol. The van der Waals surface area contributed by atoms with Gasteiger partial charge in [-0.15, -0.1) is 0 Å². The van der Waals surface area contributed by atoms with Crippen molar-refractivity contribution in [1.29, 1.82) is 0 Å². The minimum atomic E-state index is -0.534. The van der Waals surface area contributed by atoms with Gasteiger partial charge in [0.05, 0.1) is 30.9 Å². The zero-order valence-corrected chi connectivity index (χ0v) is 17.1. The molecule has 2 N–H and O–H groups in total. The van der Waals surface area contributed by atoms with E-state index in [1.54, 1.807) is 47.6 Å². The summed E-state index contributed by atoms with van der Waals surface area (Å²) in [7, 11) is 0. The second kappa shape index (κ2) is 10.5. The summed E-state index contributed by atoms with van der Waals surface area (Å²) < 4.78 is 11.0. The number of hydrogen-bond donors (Lipinski definition) is 2. The Hall–Kier alpha value is -3.29. The molecule has 8 heteroatoms. The van der Waals surface area contributed by atoms with E-state index in [-0.39, 0.29) is 18.9 Å². The predicted molar refractivity (Wildman–Crippen MR) is 109 cm³/mol. The fourth-order valence-corrected chi connectivity index (χ4v) is 3.29. The molecule has 0 aliphatic carbocycles. The molecule has 1 fully saturated rings. The van der Waals surface area contributed by atoms with Crippen LogP contribution in [-0.4, -0.2) is 35.8 Å². The third-order valence-electron chi connectivity index (χ3n) is 4.95. The maximum Gasteiger partial charge on any atom is 0.273 e. The molecule has 1 unspecified atom stereocenters. The van der Waals surface area contributed by atoms with Crippen molar-refractivity contribution in [3.8, 4) is 5.75 Å². The standard InChI is InChI=1S/C22H27N3O5/c1-2-3-6-11-30-19-10-5-4-9-18(19)22(28)24-23-21(27)16-13-20(26)25(14-16)15-17-8-7-12-29-17/h4-5,7-10,12,16H,2-3,6,11,13-15H2,1H3,(H,23,27)(H,24,28). The first kappa shape index (κ1) is 21.4. The Labute approximate surface area is 175 Å². The lowest BCUT2D eigenvalue weighted by atomic mass is 10.1. The number of benzene rings is 1. The fourth-order valence-electron chi connectivity index (χ4n) is 3.29. The van der Waals surface area contributed by atoms with Crippen LogP contribution in [0.25, 0.3) is 0 Å².